The summed E-state index contributed by atoms with van der Waals surface area (Å²) in [7, 11) is 0. The Morgan fingerprint density at radius 1 is 1.24 bits per heavy atom. The van der Waals surface area contributed by atoms with Gasteiger partial charge in [0.1, 0.15) is 0 Å². The van der Waals surface area contributed by atoms with Gasteiger partial charge in [-0.05, 0) is 30.7 Å². The van der Waals surface area contributed by atoms with Crippen LogP contribution in [0.2, 0.25) is 0 Å². The summed E-state index contributed by atoms with van der Waals surface area (Å²) < 4.78 is 9.65. The van der Waals surface area contributed by atoms with E-state index in [4.69, 9.17) is 4.74 Å². The van der Waals surface area contributed by atoms with Gasteiger partial charge in [-0.15, -0.1) is 0 Å². The molecule has 0 N–H and O–H groups in total. The number of carbonyl (C=O) groups excluding carboxylic acids is 1. The standard InChI is InChI=1S/C19H19BrN2O2S/c1-2-24-11-10-22-16-9-8-15(20)13-17(16)25-19(22)21-18(23)12-14-6-4-3-5-7-14/h3-9,13H,2,10-12H2,1H3. The molecule has 0 radical (unpaired) electrons. The first-order valence-corrected chi connectivity index (χ1v) is 9.76. The van der Waals surface area contributed by atoms with Crippen LogP contribution in [0.15, 0.2) is 58.0 Å². The monoisotopic (exact) mass is 418 g/mol. The normalized spacial score (nSPS) is 12.0. The fourth-order valence-corrected chi connectivity index (χ4v) is 4.19. The molecule has 1 aromatic heterocycles. The van der Waals surface area contributed by atoms with E-state index in [1.165, 1.54) is 11.3 Å². The summed E-state index contributed by atoms with van der Waals surface area (Å²) in [6.07, 6.45) is 0.310. The van der Waals surface area contributed by atoms with Gasteiger partial charge in [0.2, 0.25) is 0 Å². The van der Waals surface area contributed by atoms with Crippen molar-refractivity contribution in [1.29, 1.82) is 0 Å². The van der Waals surface area contributed by atoms with Crippen LogP contribution in [0.1, 0.15) is 12.5 Å². The van der Waals surface area contributed by atoms with Crippen LogP contribution in [-0.4, -0.2) is 23.7 Å². The fourth-order valence-electron chi connectivity index (χ4n) is 2.57. The molecule has 0 spiro atoms. The number of hydrogen-bond acceptors (Lipinski definition) is 3. The van der Waals surface area contributed by atoms with Crippen molar-refractivity contribution in [2.45, 2.75) is 19.9 Å². The van der Waals surface area contributed by atoms with Crippen molar-refractivity contribution in [2.24, 2.45) is 4.99 Å². The smallest absolute Gasteiger partial charge is 0.252 e. The first kappa shape index (κ1) is 18.0. The summed E-state index contributed by atoms with van der Waals surface area (Å²) >= 11 is 5.03. The summed E-state index contributed by atoms with van der Waals surface area (Å²) in [5, 5.41) is 0. The lowest BCUT2D eigenvalue weighted by molar-refractivity contribution is -0.117. The van der Waals surface area contributed by atoms with E-state index in [-0.39, 0.29) is 5.91 Å². The van der Waals surface area contributed by atoms with Crippen LogP contribution < -0.4 is 4.80 Å². The number of thiazole rings is 1. The third kappa shape index (κ3) is 4.66. The van der Waals surface area contributed by atoms with Crippen molar-refractivity contribution in [2.75, 3.05) is 13.2 Å². The summed E-state index contributed by atoms with van der Waals surface area (Å²) in [6.45, 7) is 3.92. The lowest BCUT2D eigenvalue weighted by Crippen LogP contribution is -2.20. The number of rotatable bonds is 6. The van der Waals surface area contributed by atoms with Crippen LogP contribution in [0.25, 0.3) is 10.2 Å². The van der Waals surface area contributed by atoms with Crippen LogP contribution in [0.5, 0.6) is 0 Å². The van der Waals surface area contributed by atoms with Gasteiger partial charge in [0.15, 0.2) is 4.80 Å². The van der Waals surface area contributed by atoms with Gasteiger partial charge in [0, 0.05) is 17.6 Å². The first-order chi connectivity index (χ1) is 12.2. The number of halogens is 1. The number of carbonyl (C=O) groups is 1. The second-order valence-electron chi connectivity index (χ2n) is 5.51. The molecule has 0 fully saturated rings. The second-order valence-corrected chi connectivity index (χ2v) is 7.44. The van der Waals surface area contributed by atoms with Gasteiger partial charge in [-0.2, -0.15) is 4.99 Å². The number of hydrogen-bond donors (Lipinski definition) is 0. The van der Waals surface area contributed by atoms with E-state index in [1.54, 1.807) is 0 Å². The van der Waals surface area contributed by atoms with Gasteiger partial charge in [0.05, 0.1) is 23.2 Å². The fraction of sp³-hybridized carbons (Fsp3) is 0.263. The van der Waals surface area contributed by atoms with Crippen molar-refractivity contribution in [3.05, 3.63) is 63.4 Å². The minimum absolute atomic E-state index is 0.137. The van der Waals surface area contributed by atoms with E-state index < -0.39 is 0 Å². The zero-order valence-electron chi connectivity index (χ0n) is 13.9. The van der Waals surface area contributed by atoms with E-state index in [0.717, 1.165) is 20.3 Å². The molecule has 1 heterocycles. The van der Waals surface area contributed by atoms with E-state index >= 15 is 0 Å². The maximum absolute atomic E-state index is 12.4. The van der Waals surface area contributed by atoms with Crippen LogP contribution in [0, 0.1) is 0 Å². The van der Waals surface area contributed by atoms with E-state index in [2.05, 4.69) is 31.6 Å². The molecule has 0 saturated carbocycles. The molecule has 2 aromatic carbocycles. The molecule has 1 amide bonds. The van der Waals surface area contributed by atoms with Crippen molar-refractivity contribution in [3.63, 3.8) is 0 Å². The summed E-state index contributed by atoms with van der Waals surface area (Å²) in [5.41, 5.74) is 2.04. The third-order valence-corrected chi connectivity index (χ3v) is 5.26. The highest BCUT2D eigenvalue weighted by Gasteiger charge is 2.09. The Balaban J connectivity index is 1.95. The van der Waals surface area contributed by atoms with E-state index in [0.29, 0.717) is 31.0 Å². The molecule has 0 aliphatic carbocycles. The highest BCUT2D eigenvalue weighted by molar-refractivity contribution is 9.10. The highest BCUT2D eigenvalue weighted by Crippen LogP contribution is 2.22. The zero-order valence-corrected chi connectivity index (χ0v) is 16.3. The Morgan fingerprint density at radius 2 is 2.04 bits per heavy atom. The topological polar surface area (TPSA) is 43.6 Å². The quantitative estimate of drug-likeness (QED) is 0.563. The minimum atomic E-state index is -0.137. The summed E-state index contributed by atoms with van der Waals surface area (Å²) in [4.78, 5) is 17.5. The maximum atomic E-state index is 12.4. The van der Waals surface area contributed by atoms with Gasteiger partial charge in [-0.25, -0.2) is 0 Å². The molecule has 6 heteroatoms. The Labute approximate surface area is 158 Å². The summed E-state index contributed by atoms with van der Waals surface area (Å²) in [6, 6.07) is 15.8. The largest absolute Gasteiger partial charge is 0.380 e. The Bertz CT molecular complexity index is 931. The van der Waals surface area contributed by atoms with Crippen LogP contribution >= 0.6 is 27.3 Å². The van der Waals surface area contributed by atoms with Crippen molar-refractivity contribution in [3.8, 4) is 0 Å². The highest BCUT2D eigenvalue weighted by atomic mass is 79.9. The van der Waals surface area contributed by atoms with Gasteiger partial charge >= 0.3 is 0 Å². The van der Waals surface area contributed by atoms with Crippen molar-refractivity contribution in [1.82, 2.24) is 4.57 Å². The molecule has 3 rings (SSSR count). The number of ether oxygens (including phenoxy) is 1. The van der Waals surface area contributed by atoms with Gasteiger partial charge < -0.3 is 9.30 Å². The predicted octanol–water partition coefficient (Wildman–Crippen LogP) is 4.17. The molecule has 3 aromatic rings. The average molecular weight is 419 g/mol. The van der Waals surface area contributed by atoms with E-state index in [9.17, 15) is 4.79 Å². The molecule has 0 aliphatic rings. The molecule has 0 aliphatic heterocycles. The van der Waals surface area contributed by atoms with Crippen LogP contribution in [-0.2, 0) is 22.5 Å². The molecule has 0 atom stereocenters. The first-order valence-electron chi connectivity index (χ1n) is 8.15. The molecular formula is C19H19BrN2O2S. The molecule has 0 bridgehead atoms. The number of fused-ring (bicyclic) bond motifs is 1. The van der Waals surface area contributed by atoms with Gasteiger partial charge in [-0.1, -0.05) is 57.6 Å². The Morgan fingerprint density at radius 3 is 2.80 bits per heavy atom. The van der Waals surface area contributed by atoms with Crippen LogP contribution in [0.3, 0.4) is 0 Å². The zero-order chi connectivity index (χ0) is 17.6. The molecule has 4 nitrogen and oxygen atoms in total. The molecular weight excluding hydrogens is 400 g/mol. The lowest BCUT2D eigenvalue weighted by Gasteiger charge is -2.05. The number of aromatic nitrogens is 1. The molecule has 25 heavy (non-hydrogen) atoms. The van der Waals surface area contributed by atoms with Crippen LogP contribution in [0.4, 0.5) is 0 Å². The number of amides is 1. The van der Waals surface area contributed by atoms with Gasteiger partial charge in [-0.3, -0.25) is 4.79 Å². The predicted molar refractivity (Wildman–Crippen MR) is 105 cm³/mol. The number of nitrogens with zero attached hydrogens (tertiary/aromatic N) is 2. The Kier molecular flexibility index (Phi) is 6.18. The third-order valence-electron chi connectivity index (χ3n) is 3.73. The SMILES string of the molecule is CCOCCn1c(=NC(=O)Cc2ccccc2)sc2cc(Br)ccc21. The minimum Gasteiger partial charge on any atom is -0.380 e. The molecule has 130 valence electrons. The van der Waals surface area contributed by atoms with Crippen molar-refractivity contribution < 1.29 is 9.53 Å². The van der Waals surface area contributed by atoms with Crippen molar-refractivity contribution >= 4 is 43.4 Å². The Hall–Kier alpha value is -1.76. The molecule has 0 saturated heterocycles. The van der Waals surface area contributed by atoms with E-state index in [1.807, 2.05) is 49.4 Å². The second kappa shape index (κ2) is 8.56. The lowest BCUT2D eigenvalue weighted by atomic mass is 10.1. The number of benzene rings is 2. The summed E-state index contributed by atoms with van der Waals surface area (Å²) in [5.74, 6) is -0.137. The average Bonchev–Trinajstić information content (AvgIpc) is 2.92. The molecule has 0 unspecified atom stereocenters. The maximum Gasteiger partial charge on any atom is 0.252 e. The van der Waals surface area contributed by atoms with Gasteiger partial charge in [0.25, 0.3) is 5.91 Å².